The molecule has 2 aromatic rings. The first-order valence-electron chi connectivity index (χ1n) is 7.81. The molecule has 2 N–H and O–H groups in total. The molecule has 1 aromatic carbocycles. The molecule has 2 heterocycles. The van der Waals surface area contributed by atoms with Gasteiger partial charge in [0.05, 0.1) is 0 Å². The first-order valence-corrected chi connectivity index (χ1v) is 7.81. The maximum atomic E-state index is 12.1. The maximum absolute atomic E-state index is 12.1. The summed E-state index contributed by atoms with van der Waals surface area (Å²) >= 11 is 0. The van der Waals surface area contributed by atoms with E-state index < -0.39 is 11.2 Å². The van der Waals surface area contributed by atoms with Crippen LogP contribution in [0.2, 0.25) is 0 Å². The Bertz CT molecular complexity index is 935. The largest absolute Gasteiger partial charge is 0.380 e. The minimum atomic E-state index is -0.579. The normalized spacial score (nSPS) is 16.0. The lowest BCUT2D eigenvalue weighted by molar-refractivity contribution is 0.641. The van der Waals surface area contributed by atoms with Crippen molar-refractivity contribution < 1.29 is 0 Å². The Morgan fingerprint density at radius 2 is 2.04 bits per heavy atom. The summed E-state index contributed by atoms with van der Waals surface area (Å²) in [6.07, 6.45) is 1.90. The number of aromatic nitrogens is 2. The maximum Gasteiger partial charge on any atom is 0.332 e. The van der Waals surface area contributed by atoms with Gasteiger partial charge in [-0.15, -0.1) is 0 Å². The molecule has 24 heavy (non-hydrogen) atoms. The summed E-state index contributed by atoms with van der Waals surface area (Å²) in [5.74, 6) is 0.270. The second-order valence-electron chi connectivity index (χ2n) is 5.96. The van der Waals surface area contributed by atoms with E-state index in [9.17, 15) is 14.9 Å². The molecule has 0 saturated heterocycles. The SMILES string of the molecule is Cn1c(NCC2CCc3ccccc3N2)c(C#N)c(=O)n(C)c1=O. The van der Waals surface area contributed by atoms with Crippen LogP contribution in [0.1, 0.15) is 17.5 Å². The molecule has 7 heteroatoms. The first kappa shape index (κ1) is 15.9. The number of hydrogen-bond donors (Lipinski definition) is 2. The van der Waals surface area contributed by atoms with E-state index in [0.717, 1.165) is 23.1 Å². The summed E-state index contributed by atoms with van der Waals surface area (Å²) < 4.78 is 2.25. The van der Waals surface area contributed by atoms with Crippen LogP contribution in [0.15, 0.2) is 33.9 Å². The average Bonchev–Trinajstić information content (AvgIpc) is 2.61. The summed E-state index contributed by atoms with van der Waals surface area (Å²) in [5.41, 5.74) is 1.31. The molecule has 0 spiro atoms. The number of nitriles is 1. The van der Waals surface area contributed by atoms with Crippen LogP contribution in [-0.4, -0.2) is 21.7 Å². The van der Waals surface area contributed by atoms with Crippen molar-refractivity contribution in [2.45, 2.75) is 18.9 Å². The number of para-hydroxylation sites is 1. The molecule has 0 bridgehead atoms. The van der Waals surface area contributed by atoms with Gasteiger partial charge in [-0.25, -0.2) is 4.79 Å². The van der Waals surface area contributed by atoms with Gasteiger partial charge in [-0.1, -0.05) is 18.2 Å². The topological polar surface area (TPSA) is 91.8 Å². The number of fused-ring (bicyclic) bond motifs is 1. The molecule has 1 aliphatic heterocycles. The third-order valence-corrected chi connectivity index (χ3v) is 4.43. The average molecular weight is 325 g/mol. The van der Waals surface area contributed by atoms with Gasteiger partial charge in [0, 0.05) is 32.4 Å². The van der Waals surface area contributed by atoms with Gasteiger partial charge in [0.25, 0.3) is 5.56 Å². The third kappa shape index (κ3) is 2.67. The van der Waals surface area contributed by atoms with Crippen LogP contribution in [-0.2, 0) is 20.5 Å². The fraction of sp³-hybridized carbons (Fsp3) is 0.353. The predicted molar refractivity (Wildman–Crippen MR) is 92.3 cm³/mol. The van der Waals surface area contributed by atoms with Crippen LogP contribution >= 0.6 is 0 Å². The minimum absolute atomic E-state index is 0.0455. The molecular weight excluding hydrogens is 306 g/mol. The van der Waals surface area contributed by atoms with Gasteiger partial charge in [-0.3, -0.25) is 13.9 Å². The Morgan fingerprint density at radius 1 is 1.29 bits per heavy atom. The quantitative estimate of drug-likeness (QED) is 0.871. The van der Waals surface area contributed by atoms with Gasteiger partial charge in [-0.2, -0.15) is 5.26 Å². The monoisotopic (exact) mass is 325 g/mol. The molecular formula is C17H19N5O2. The number of benzene rings is 1. The zero-order chi connectivity index (χ0) is 17.3. The third-order valence-electron chi connectivity index (χ3n) is 4.43. The fourth-order valence-corrected chi connectivity index (χ4v) is 3.03. The molecule has 1 unspecified atom stereocenters. The van der Waals surface area contributed by atoms with Crippen LogP contribution in [0.3, 0.4) is 0 Å². The van der Waals surface area contributed by atoms with Crippen LogP contribution in [0.5, 0.6) is 0 Å². The number of aryl methyl sites for hydroxylation is 1. The van der Waals surface area contributed by atoms with Crippen molar-refractivity contribution in [1.29, 1.82) is 5.26 Å². The van der Waals surface area contributed by atoms with Crippen LogP contribution in [0, 0.1) is 11.3 Å². The standard InChI is InChI=1S/C17H19N5O2/c1-21-15(13(9-18)16(23)22(2)17(21)24)19-10-12-8-7-11-5-3-4-6-14(11)20-12/h3-6,12,19-20H,7-8,10H2,1-2H3. The Labute approximate surface area is 139 Å². The summed E-state index contributed by atoms with van der Waals surface area (Å²) in [6, 6.07) is 10.2. The number of hydrogen-bond acceptors (Lipinski definition) is 5. The van der Waals surface area contributed by atoms with Gasteiger partial charge in [0.1, 0.15) is 11.9 Å². The highest BCUT2D eigenvalue weighted by atomic mass is 16.2. The van der Waals surface area contributed by atoms with Gasteiger partial charge < -0.3 is 10.6 Å². The highest BCUT2D eigenvalue weighted by Crippen LogP contribution is 2.24. The lowest BCUT2D eigenvalue weighted by Crippen LogP contribution is -2.41. The van der Waals surface area contributed by atoms with Crippen LogP contribution < -0.4 is 21.9 Å². The molecule has 0 fully saturated rings. The first-order chi connectivity index (χ1) is 11.5. The summed E-state index contributed by atoms with van der Waals surface area (Å²) in [7, 11) is 2.92. The van der Waals surface area contributed by atoms with Gasteiger partial charge in [0.15, 0.2) is 5.56 Å². The van der Waals surface area contributed by atoms with Crippen molar-refractivity contribution >= 4 is 11.5 Å². The molecule has 7 nitrogen and oxygen atoms in total. The highest BCUT2D eigenvalue weighted by Gasteiger charge is 2.19. The molecule has 0 aliphatic carbocycles. The Hall–Kier alpha value is -3.01. The van der Waals surface area contributed by atoms with E-state index in [2.05, 4.69) is 16.7 Å². The van der Waals surface area contributed by atoms with E-state index in [0.29, 0.717) is 6.54 Å². The smallest absolute Gasteiger partial charge is 0.332 e. The number of rotatable bonds is 3. The molecule has 124 valence electrons. The van der Waals surface area contributed by atoms with Crippen LogP contribution in [0.25, 0.3) is 0 Å². The number of nitrogens with zero attached hydrogens (tertiary/aromatic N) is 3. The zero-order valence-corrected chi connectivity index (χ0v) is 13.7. The number of anilines is 2. The lowest BCUT2D eigenvalue weighted by Gasteiger charge is -2.28. The molecule has 0 amide bonds. The summed E-state index contributed by atoms with van der Waals surface area (Å²) in [6.45, 7) is 0.517. The molecule has 1 aliphatic rings. The fourth-order valence-electron chi connectivity index (χ4n) is 3.03. The second-order valence-corrected chi connectivity index (χ2v) is 5.96. The summed E-state index contributed by atoms with van der Waals surface area (Å²) in [5, 5.41) is 15.8. The van der Waals surface area contributed by atoms with E-state index in [-0.39, 0.29) is 17.4 Å². The molecule has 0 radical (unpaired) electrons. The zero-order valence-electron chi connectivity index (χ0n) is 13.7. The molecule has 1 aromatic heterocycles. The van der Waals surface area contributed by atoms with E-state index in [1.165, 1.54) is 17.2 Å². The second kappa shape index (κ2) is 6.24. The van der Waals surface area contributed by atoms with E-state index >= 15 is 0 Å². The molecule has 1 atom stereocenters. The molecule has 3 rings (SSSR count). The van der Waals surface area contributed by atoms with Gasteiger partial charge in [-0.05, 0) is 24.5 Å². The minimum Gasteiger partial charge on any atom is -0.380 e. The van der Waals surface area contributed by atoms with Gasteiger partial charge >= 0.3 is 5.69 Å². The summed E-state index contributed by atoms with van der Waals surface area (Å²) in [4.78, 5) is 24.1. The van der Waals surface area contributed by atoms with Crippen molar-refractivity contribution in [3.8, 4) is 6.07 Å². The number of nitrogens with one attached hydrogen (secondary N) is 2. The predicted octanol–water partition coefficient (Wildman–Crippen LogP) is 0.794. The van der Waals surface area contributed by atoms with Crippen molar-refractivity contribution in [2.24, 2.45) is 14.1 Å². The Balaban J connectivity index is 1.83. The van der Waals surface area contributed by atoms with Crippen molar-refractivity contribution in [1.82, 2.24) is 9.13 Å². The van der Waals surface area contributed by atoms with E-state index in [1.54, 1.807) is 7.05 Å². The van der Waals surface area contributed by atoms with E-state index in [4.69, 9.17) is 0 Å². The van der Waals surface area contributed by atoms with Crippen LogP contribution in [0.4, 0.5) is 11.5 Å². The van der Waals surface area contributed by atoms with Crippen molar-refractivity contribution in [3.05, 3.63) is 56.2 Å². The lowest BCUT2D eigenvalue weighted by atomic mass is 9.98. The Morgan fingerprint density at radius 3 is 2.79 bits per heavy atom. The molecule has 0 saturated carbocycles. The van der Waals surface area contributed by atoms with Gasteiger partial charge in [0.2, 0.25) is 0 Å². The van der Waals surface area contributed by atoms with Crippen molar-refractivity contribution in [3.63, 3.8) is 0 Å². The van der Waals surface area contributed by atoms with E-state index in [1.807, 2.05) is 24.3 Å². The van der Waals surface area contributed by atoms with Crippen molar-refractivity contribution in [2.75, 3.05) is 17.2 Å². The Kier molecular flexibility index (Phi) is 4.13. The highest BCUT2D eigenvalue weighted by molar-refractivity contribution is 5.55.